The van der Waals surface area contributed by atoms with Crippen molar-refractivity contribution in [1.29, 1.82) is 0 Å². The largest absolute Gasteiger partial charge is 0.376 e. The van der Waals surface area contributed by atoms with Gasteiger partial charge < -0.3 is 20.7 Å². The third kappa shape index (κ3) is 5.83. The van der Waals surface area contributed by atoms with Crippen LogP contribution in [-0.4, -0.2) is 32.1 Å². The van der Waals surface area contributed by atoms with Crippen molar-refractivity contribution in [2.45, 2.75) is 19.4 Å². The lowest BCUT2D eigenvalue weighted by atomic mass is 10.2. The van der Waals surface area contributed by atoms with Gasteiger partial charge in [0.25, 0.3) is 0 Å². The zero-order valence-corrected chi connectivity index (χ0v) is 12.1. The van der Waals surface area contributed by atoms with Gasteiger partial charge in [0.2, 0.25) is 5.91 Å². The lowest BCUT2D eigenvalue weighted by molar-refractivity contribution is -0.119. The predicted octanol–water partition coefficient (Wildman–Crippen LogP) is 1.48. The SMILES string of the molecule is CNC(=O)CNC(=O)Nc1cccc(COCC2CC2)c1. The molecule has 0 heterocycles. The van der Waals surface area contributed by atoms with Crippen molar-refractivity contribution in [3.63, 3.8) is 0 Å². The number of carbonyl (C=O) groups excluding carboxylic acids is 2. The van der Waals surface area contributed by atoms with Crippen LogP contribution in [0.3, 0.4) is 0 Å². The average molecular weight is 291 g/mol. The van der Waals surface area contributed by atoms with Crippen molar-refractivity contribution in [3.8, 4) is 0 Å². The molecule has 2 rings (SSSR count). The fourth-order valence-electron chi connectivity index (χ4n) is 1.79. The van der Waals surface area contributed by atoms with Crippen LogP contribution in [0.1, 0.15) is 18.4 Å². The Kier molecular flexibility index (Phi) is 5.57. The van der Waals surface area contributed by atoms with E-state index in [-0.39, 0.29) is 12.5 Å². The standard InChI is InChI=1S/C15H21N3O3/c1-16-14(19)8-17-15(20)18-13-4-2-3-12(7-13)10-21-9-11-5-6-11/h2-4,7,11H,5-6,8-10H2,1H3,(H,16,19)(H2,17,18,20). The van der Waals surface area contributed by atoms with Crippen LogP contribution >= 0.6 is 0 Å². The summed E-state index contributed by atoms with van der Waals surface area (Å²) >= 11 is 0. The van der Waals surface area contributed by atoms with Gasteiger partial charge in [0, 0.05) is 19.3 Å². The van der Waals surface area contributed by atoms with Gasteiger partial charge in [-0.2, -0.15) is 0 Å². The molecule has 0 aromatic heterocycles. The third-order valence-corrected chi connectivity index (χ3v) is 3.19. The molecule has 0 spiro atoms. The molecule has 3 N–H and O–H groups in total. The van der Waals surface area contributed by atoms with Gasteiger partial charge in [-0.15, -0.1) is 0 Å². The Labute approximate surface area is 124 Å². The van der Waals surface area contributed by atoms with Gasteiger partial charge in [0.15, 0.2) is 0 Å². The van der Waals surface area contributed by atoms with E-state index in [2.05, 4.69) is 16.0 Å². The van der Waals surface area contributed by atoms with Crippen LogP contribution in [0.25, 0.3) is 0 Å². The Hall–Kier alpha value is -2.08. The first-order valence-electron chi connectivity index (χ1n) is 7.09. The molecule has 1 aromatic carbocycles. The number of carbonyl (C=O) groups is 2. The maximum Gasteiger partial charge on any atom is 0.319 e. The Morgan fingerprint density at radius 1 is 1.33 bits per heavy atom. The number of anilines is 1. The predicted molar refractivity (Wildman–Crippen MR) is 79.9 cm³/mol. The van der Waals surface area contributed by atoms with E-state index >= 15 is 0 Å². The second kappa shape index (κ2) is 7.64. The highest BCUT2D eigenvalue weighted by molar-refractivity contribution is 5.92. The molecule has 21 heavy (non-hydrogen) atoms. The van der Waals surface area contributed by atoms with Gasteiger partial charge >= 0.3 is 6.03 Å². The lowest BCUT2D eigenvalue weighted by Crippen LogP contribution is -2.37. The quantitative estimate of drug-likeness (QED) is 0.712. The molecule has 1 fully saturated rings. The molecule has 114 valence electrons. The van der Waals surface area contributed by atoms with Crippen molar-refractivity contribution in [1.82, 2.24) is 10.6 Å². The molecule has 1 aliphatic carbocycles. The Balaban J connectivity index is 1.76. The maximum absolute atomic E-state index is 11.6. The van der Waals surface area contributed by atoms with E-state index in [1.807, 2.05) is 18.2 Å². The molecule has 3 amide bonds. The molecule has 0 aliphatic heterocycles. The van der Waals surface area contributed by atoms with Gasteiger partial charge in [0.05, 0.1) is 13.2 Å². The van der Waals surface area contributed by atoms with E-state index in [9.17, 15) is 9.59 Å². The molecule has 1 saturated carbocycles. The van der Waals surface area contributed by atoms with Crippen molar-refractivity contribution in [3.05, 3.63) is 29.8 Å². The van der Waals surface area contributed by atoms with Crippen LogP contribution in [0.15, 0.2) is 24.3 Å². The number of likely N-dealkylation sites (N-methyl/N-ethyl adjacent to an activating group) is 1. The molecule has 6 heteroatoms. The number of rotatable bonds is 7. The van der Waals surface area contributed by atoms with Crippen molar-refractivity contribution in [2.75, 3.05) is 25.5 Å². The summed E-state index contributed by atoms with van der Waals surface area (Å²) in [6.45, 7) is 1.31. The first kappa shape index (κ1) is 15.3. The molecule has 0 unspecified atom stereocenters. The molecule has 0 radical (unpaired) electrons. The van der Waals surface area contributed by atoms with Crippen LogP contribution in [-0.2, 0) is 16.1 Å². The normalized spacial score (nSPS) is 13.6. The number of urea groups is 1. The summed E-state index contributed by atoms with van der Waals surface area (Å²) in [7, 11) is 1.52. The lowest BCUT2D eigenvalue weighted by Gasteiger charge is -2.09. The van der Waals surface area contributed by atoms with Crippen LogP contribution in [0.5, 0.6) is 0 Å². The summed E-state index contributed by atoms with van der Waals surface area (Å²) < 4.78 is 5.62. The van der Waals surface area contributed by atoms with E-state index in [4.69, 9.17) is 4.74 Å². The second-order valence-electron chi connectivity index (χ2n) is 5.14. The smallest absolute Gasteiger partial charge is 0.319 e. The van der Waals surface area contributed by atoms with E-state index < -0.39 is 6.03 Å². The maximum atomic E-state index is 11.6. The summed E-state index contributed by atoms with van der Waals surface area (Å²) in [6, 6.07) is 7.08. The highest BCUT2D eigenvalue weighted by atomic mass is 16.5. The van der Waals surface area contributed by atoms with Gasteiger partial charge in [-0.25, -0.2) is 4.79 Å². The molecule has 0 bridgehead atoms. The fourth-order valence-corrected chi connectivity index (χ4v) is 1.79. The van der Waals surface area contributed by atoms with E-state index in [1.165, 1.54) is 19.9 Å². The Bertz CT molecular complexity index is 501. The van der Waals surface area contributed by atoms with Crippen molar-refractivity contribution >= 4 is 17.6 Å². The van der Waals surface area contributed by atoms with Crippen molar-refractivity contribution < 1.29 is 14.3 Å². The average Bonchev–Trinajstić information content (AvgIpc) is 3.29. The summed E-state index contributed by atoms with van der Waals surface area (Å²) in [5, 5.41) is 7.59. The van der Waals surface area contributed by atoms with Gasteiger partial charge in [-0.1, -0.05) is 12.1 Å². The topological polar surface area (TPSA) is 79.5 Å². The first-order valence-corrected chi connectivity index (χ1v) is 7.09. The fraction of sp³-hybridized carbons (Fsp3) is 0.467. The van der Waals surface area contributed by atoms with E-state index in [0.29, 0.717) is 12.3 Å². The van der Waals surface area contributed by atoms with Crippen LogP contribution in [0, 0.1) is 5.92 Å². The summed E-state index contributed by atoms with van der Waals surface area (Å²) in [6.07, 6.45) is 2.54. The number of hydrogen-bond acceptors (Lipinski definition) is 3. The minimum Gasteiger partial charge on any atom is -0.376 e. The Morgan fingerprint density at radius 2 is 2.14 bits per heavy atom. The number of benzene rings is 1. The highest BCUT2D eigenvalue weighted by Gasteiger charge is 2.20. The summed E-state index contributed by atoms with van der Waals surface area (Å²) in [4.78, 5) is 22.7. The third-order valence-electron chi connectivity index (χ3n) is 3.19. The van der Waals surface area contributed by atoms with Crippen LogP contribution < -0.4 is 16.0 Å². The first-order chi connectivity index (χ1) is 10.2. The molecule has 0 atom stereocenters. The zero-order chi connectivity index (χ0) is 15.1. The molecule has 1 aliphatic rings. The number of hydrogen-bond donors (Lipinski definition) is 3. The monoisotopic (exact) mass is 291 g/mol. The molecule has 0 saturated heterocycles. The Morgan fingerprint density at radius 3 is 2.86 bits per heavy atom. The van der Waals surface area contributed by atoms with Crippen molar-refractivity contribution in [2.24, 2.45) is 5.92 Å². The highest BCUT2D eigenvalue weighted by Crippen LogP contribution is 2.29. The molecule has 6 nitrogen and oxygen atoms in total. The van der Waals surface area contributed by atoms with Gasteiger partial charge in [0.1, 0.15) is 0 Å². The summed E-state index contributed by atoms with van der Waals surface area (Å²) in [5.74, 6) is 0.495. The molecular formula is C15H21N3O3. The number of ether oxygens (including phenoxy) is 1. The van der Waals surface area contributed by atoms with Gasteiger partial charge in [-0.05, 0) is 36.5 Å². The number of amides is 3. The number of nitrogens with one attached hydrogen (secondary N) is 3. The minimum atomic E-state index is -0.408. The van der Waals surface area contributed by atoms with Gasteiger partial charge in [-0.3, -0.25) is 4.79 Å². The zero-order valence-electron chi connectivity index (χ0n) is 12.1. The minimum absolute atomic E-state index is 0.0491. The molecular weight excluding hydrogens is 270 g/mol. The summed E-state index contributed by atoms with van der Waals surface area (Å²) in [5.41, 5.74) is 1.69. The van der Waals surface area contributed by atoms with Crippen LogP contribution in [0.2, 0.25) is 0 Å². The van der Waals surface area contributed by atoms with Crippen LogP contribution in [0.4, 0.5) is 10.5 Å². The van der Waals surface area contributed by atoms with E-state index in [0.717, 1.165) is 18.1 Å². The second-order valence-corrected chi connectivity index (χ2v) is 5.14. The van der Waals surface area contributed by atoms with E-state index in [1.54, 1.807) is 6.07 Å². The molecule has 1 aromatic rings.